The van der Waals surface area contributed by atoms with E-state index in [-0.39, 0.29) is 11.7 Å². The molecule has 132 valence electrons. The van der Waals surface area contributed by atoms with Gasteiger partial charge in [-0.1, -0.05) is 18.6 Å². The van der Waals surface area contributed by atoms with Gasteiger partial charge in [0.05, 0.1) is 0 Å². The normalized spacial score (nSPS) is 18.3. The molecule has 0 radical (unpaired) electrons. The maximum atomic E-state index is 13.0. The van der Waals surface area contributed by atoms with Gasteiger partial charge in [-0.05, 0) is 30.5 Å². The average molecular weight is 360 g/mol. The molecule has 1 aliphatic carbocycles. The molecule has 2 heterocycles. The van der Waals surface area contributed by atoms with Crippen molar-refractivity contribution >= 4 is 22.6 Å². The van der Waals surface area contributed by atoms with E-state index in [4.69, 9.17) is 0 Å². The zero-order chi connectivity index (χ0) is 17.2. The number of piperazine rings is 1. The second kappa shape index (κ2) is 7.07. The zero-order valence-electron chi connectivity index (χ0n) is 14.0. The monoisotopic (exact) mass is 360 g/mol. The number of amides is 1. The summed E-state index contributed by atoms with van der Waals surface area (Å²) < 4.78 is 17.4. The van der Waals surface area contributed by atoms with Gasteiger partial charge in [0, 0.05) is 50.1 Å². The van der Waals surface area contributed by atoms with E-state index in [1.165, 1.54) is 30.1 Å². The lowest BCUT2D eigenvalue weighted by molar-refractivity contribution is -0.138. The highest BCUT2D eigenvalue weighted by Crippen LogP contribution is 2.29. The first kappa shape index (κ1) is 16.4. The van der Waals surface area contributed by atoms with Crippen LogP contribution < -0.4 is 4.90 Å². The highest BCUT2D eigenvalue weighted by atomic mass is 32.1. The lowest BCUT2D eigenvalue weighted by atomic mass is 9.84. The summed E-state index contributed by atoms with van der Waals surface area (Å²) in [4.78, 5) is 21.1. The van der Waals surface area contributed by atoms with E-state index in [9.17, 15) is 9.18 Å². The van der Waals surface area contributed by atoms with Crippen LogP contribution in [0.1, 0.15) is 30.7 Å². The van der Waals surface area contributed by atoms with Crippen LogP contribution in [0.4, 0.5) is 9.52 Å². The van der Waals surface area contributed by atoms with E-state index in [0.29, 0.717) is 12.3 Å². The fraction of sp³-hybridized carbons (Fsp3) is 0.500. The van der Waals surface area contributed by atoms with Crippen molar-refractivity contribution in [3.63, 3.8) is 0 Å². The number of carbonyl (C=O) groups is 1. The summed E-state index contributed by atoms with van der Waals surface area (Å²) in [6, 6.07) is 6.45. The summed E-state index contributed by atoms with van der Waals surface area (Å²) in [6.07, 6.45) is 3.92. The molecule has 25 heavy (non-hydrogen) atoms. The van der Waals surface area contributed by atoms with Crippen LogP contribution in [0.25, 0.3) is 0 Å². The van der Waals surface area contributed by atoms with Crippen molar-refractivity contribution in [2.24, 2.45) is 5.92 Å². The largest absolute Gasteiger partial charge is 0.343 e. The molecule has 0 N–H and O–H groups in total. The summed E-state index contributed by atoms with van der Waals surface area (Å²) in [6.45, 7) is 3.15. The molecule has 0 spiro atoms. The van der Waals surface area contributed by atoms with Crippen molar-refractivity contribution in [3.05, 3.63) is 41.5 Å². The van der Waals surface area contributed by atoms with E-state index < -0.39 is 0 Å². The third-order valence-electron chi connectivity index (χ3n) is 5.05. The Hall–Kier alpha value is -2.02. The average Bonchev–Trinajstić information content (AvgIpc) is 3.04. The van der Waals surface area contributed by atoms with Crippen molar-refractivity contribution in [1.82, 2.24) is 14.3 Å². The minimum absolute atomic E-state index is 0.231. The minimum Gasteiger partial charge on any atom is -0.343 e. The van der Waals surface area contributed by atoms with Gasteiger partial charge in [-0.15, -0.1) is 0 Å². The molecule has 2 fully saturated rings. The van der Waals surface area contributed by atoms with Crippen LogP contribution in [0, 0.1) is 11.7 Å². The second-order valence-electron chi connectivity index (χ2n) is 6.74. The Bertz CT molecular complexity index is 736. The lowest BCUT2D eigenvalue weighted by Gasteiger charge is -2.38. The van der Waals surface area contributed by atoms with Crippen LogP contribution in [-0.2, 0) is 11.2 Å². The Labute approximate surface area is 150 Å². The maximum absolute atomic E-state index is 13.0. The molecule has 1 saturated carbocycles. The first-order chi connectivity index (χ1) is 12.2. The molecule has 1 amide bonds. The van der Waals surface area contributed by atoms with Gasteiger partial charge >= 0.3 is 0 Å². The predicted molar refractivity (Wildman–Crippen MR) is 95.2 cm³/mol. The minimum atomic E-state index is -0.231. The topological polar surface area (TPSA) is 49.3 Å². The molecule has 4 rings (SSSR count). The molecule has 0 bridgehead atoms. The third-order valence-corrected chi connectivity index (χ3v) is 5.86. The maximum Gasteiger partial charge on any atom is 0.225 e. The predicted octanol–water partition coefficient (Wildman–Crippen LogP) is 2.72. The standard InChI is InChI=1S/C18H21FN4OS/c19-15-6-4-13(5-7-15)12-16-20-18(25-21-16)23-10-8-22(9-11-23)17(24)14-2-1-3-14/h4-7,14H,1-3,8-12H2. The van der Waals surface area contributed by atoms with Crippen LogP contribution in [0.3, 0.4) is 0 Å². The van der Waals surface area contributed by atoms with Gasteiger partial charge in [0.25, 0.3) is 0 Å². The van der Waals surface area contributed by atoms with Gasteiger partial charge in [0.15, 0.2) is 0 Å². The summed E-state index contributed by atoms with van der Waals surface area (Å²) in [5, 5.41) is 0.910. The van der Waals surface area contributed by atoms with Gasteiger partial charge in [0.1, 0.15) is 11.6 Å². The fourth-order valence-electron chi connectivity index (χ4n) is 3.26. The Morgan fingerprint density at radius 3 is 2.52 bits per heavy atom. The van der Waals surface area contributed by atoms with Crippen LogP contribution in [0.5, 0.6) is 0 Å². The van der Waals surface area contributed by atoms with Gasteiger partial charge in [-0.25, -0.2) is 9.37 Å². The molecule has 1 aliphatic heterocycles. The molecule has 0 unspecified atom stereocenters. The Morgan fingerprint density at radius 2 is 1.88 bits per heavy atom. The van der Waals surface area contributed by atoms with Crippen LogP contribution in [-0.4, -0.2) is 46.3 Å². The van der Waals surface area contributed by atoms with Crippen molar-refractivity contribution < 1.29 is 9.18 Å². The zero-order valence-corrected chi connectivity index (χ0v) is 14.8. The van der Waals surface area contributed by atoms with E-state index in [1.54, 1.807) is 12.1 Å². The van der Waals surface area contributed by atoms with Gasteiger partial charge in [-0.3, -0.25) is 4.79 Å². The number of rotatable bonds is 4. The van der Waals surface area contributed by atoms with Crippen molar-refractivity contribution in [3.8, 4) is 0 Å². The summed E-state index contributed by atoms with van der Waals surface area (Å²) in [5.74, 6) is 1.14. The smallest absolute Gasteiger partial charge is 0.225 e. The molecular weight excluding hydrogens is 339 g/mol. The van der Waals surface area contributed by atoms with E-state index in [2.05, 4.69) is 14.3 Å². The highest BCUT2D eigenvalue weighted by Gasteiger charge is 2.31. The van der Waals surface area contributed by atoms with E-state index in [0.717, 1.165) is 55.5 Å². The lowest BCUT2D eigenvalue weighted by Crippen LogP contribution is -2.51. The van der Waals surface area contributed by atoms with Crippen LogP contribution >= 0.6 is 11.5 Å². The number of benzene rings is 1. The SMILES string of the molecule is O=C(C1CCC1)N1CCN(c2nc(Cc3ccc(F)cc3)ns2)CC1. The molecule has 2 aromatic rings. The van der Waals surface area contributed by atoms with Crippen LogP contribution in [0.15, 0.2) is 24.3 Å². The third kappa shape index (κ3) is 3.66. The fourth-order valence-corrected chi connectivity index (χ4v) is 4.00. The molecule has 5 nitrogen and oxygen atoms in total. The Balaban J connectivity index is 1.33. The second-order valence-corrected chi connectivity index (χ2v) is 7.47. The number of hydrogen-bond acceptors (Lipinski definition) is 5. The quantitative estimate of drug-likeness (QED) is 0.841. The number of halogens is 1. The highest BCUT2D eigenvalue weighted by molar-refractivity contribution is 7.09. The summed E-state index contributed by atoms with van der Waals surface area (Å²) >= 11 is 1.40. The number of nitrogens with zero attached hydrogens (tertiary/aromatic N) is 4. The molecule has 2 aliphatic rings. The Morgan fingerprint density at radius 1 is 1.16 bits per heavy atom. The number of aromatic nitrogens is 2. The molecule has 1 aromatic carbocycles. The van der Waals surface area contributed by atoms with E-state index in [1.807, 2.05) is 4.90 Å². The first-order valence-corrected chi connectivity index (χ1v) is 9.57. The van der Waals surface area contributed by atoms with Crippen molar-refractivity contribution in [1.29, 1.82) is 0 Å². The number of carbonyl (C=O) groups excluding carboxylic acids is 1. The summed E-state index contributed by atoms with van der Waals surface area (Å²) in [5.41, 5.74) is 1.00. The van der Waals surface area contributed by atoms with E-state index >= 15 is 0 Å². The van der Waals surface area contributed by atoms with Crippen LogP contribution in [0.2, 0.25) is 0 Å². The molecular formula is C18H21FN4OS. The van der Waals surface area contributed by atoms with Crippen molar-refractivity contribution in [2.45, 2.75) is 25.7 Å². The van der Waals surface area contributed by atoms with Gasteiger partial charge < -0.3 is 9.80 Å². The molecule has 0 atom stereocenters. The molecule has 7 heteroatoms. The van der Waals surface area contributed by atoms with Gasteiger partial charge in [-0.2, -0.15) is 4.37 Å². The van der Waals surface area contributed by atoms with Crippen molar-refractivity contribution in [2.75, 3.05) is 31.1 Å². The molecule has 1 aromatic heterocycles. The number of anilines is 1. The Kier molecular flexibility index (Phi) is 4.65. The van der Waals surface area contributed by atoms with Gasteiger partial charge in [0.2, 0.25) is 11.0 Å². The summed E-state index contributed by atoms with van der Waals surface area (Å²) in [7, 11) is 0. The molecule has 1 saturated heterocycles. The first-order valence-electron chi connectivity index (χ1n) is 8.80. The number of hydrogen-bond donors (Lipinski definition) is 0.